The number of amides is 2. The second-order valence-corrected chi connectivity index (χ2v) is 4.95. The molecule has 0 unspecified atom stereocenters. The summed E-state index contributed by atoms with van der Waals surface area (Å²) in [6.07, 6.45) is 1.07. The van der Waals surface area contributed by atoms with Gasteiger partial charge in [0.2, 0.25) is 0 Å². The molecule has 1 aromatic carbocycles. The molecule has 0 atom stereocenters. The molecule has 0 aromatic heterocycles. The number of carbonyl (C=O) groups excluding carboxylic acids is 1. The van der Waals surface area contributed by atoms with Crippen LogP contribution in [0.2, 0.25) is 0 Å². The van der Waals surface area contributed by atoms with Crippen LogP contribution in [0.5, 0.6) is 0 Å². The molecule has 2 aliphatic heterocycles. The number of anilines is 2. The maximum absolute atomic E-state index is 10.8. The number of hydrogen-bond donors (Lipinski definition) is 2. The van der Waals surface area contributed by atoms with Crippen molar-refractivity contribution in [2.24, 2.45) is 10.7 Å². The summed E-state index contributed by atoms with van der Waals surface area (Å²) in [5, 5.41) is 3.65. The lowest BCUT2D eigenvalue weighted by molar-refractivity contribution is 0.259. The lowest BCUT2D eigenvalue weighted by Crippen LogP contribution is -2.30. The molecule has 17 heavy (non-hydrogen) atoms. The first-order valence-corrected chi connectivity index (χ1v) is 6.26. The van der Waals surface area contributed by atoms with Crippen LogP contribution in [0.4, 0.5) is 16.2 Å². The molecule has 5 nitrogen and oxygen atoms in total. The number of nitrogens with two attached hydrogens (primary N) is 1. The summed E-state index contributed by atoms with van der Waals surface area (Å²) in [6.45, 7) is 1.89. The first kappa shape index (κ1) is 10.5. The molecule has 0 aliphatic carbocycles. The Labute approximate surface area is 103 Å². The summed E-state index contributed by atoms with van der Waals surface area (Å²) in [6, 6.07) is 5.26. The quantitative estimate of drug-likeness (QED) is 0.796. The molecule has 3 rings (SSSR count). The Hall–Kier alpha value is -1.69. The van der Waals surface area contributed by atoms with E-state index in [0.29, 0.717) is 0 Å². The first-order valence-electron chi connectivity index (χ1n) is 5.44. The zero-order valence-electron chi connectivity index (χ0n) is 9.14. The molecule has 2 amide bonds. The Bertz CT molecular complexity index is 514. The molecule has 0 saturated carbocycles. The van der Waals surface area contributed by atoms with E-state index in [9.17, 15) is 4.79 Å². The normalized spacial score (nSPS) is 17.2. The van der Waals surface area contributed by atoms with Gasteiger partial charge in [0.05, 0.1) is 5.69 Å². The third-order valence-corrected chi connectivity index (χ3v) is 3.83. The van der Waals surface area contributed by atoms with Crippen LogP contribution in [0.25, 0.3) is 0 Å². The summed E-state index contributed by atoms with van der Waals surface area (Å²) in [5.41, 5.74) is 6.95. The van der Waals surface area contributed by atoms with Gasteiger partial charge in [-0.3, -0.25) is 4.99 Å². The molecule has 0 spiro atoms. The maximum atomic E-state index is 10.8. The highest BCUT2D eigenvalue weighted by molar-refractivity contribution is 8.14. The summed E-state index contributed by atoms with van der Waals surface area (Å²) in [7, 11) is 0. The average molecular weight is 248 g/mol. The highest BCUT2D eigenvalue weighted by Crippen LogP contribution is 2.42. The molecule has 3 N–H and O–H groups in total. The van der Waals surface area contributed by atoms with E-state index in [0.717, 1.165) is 36.1 Å². The number of urea groups is 1. The van der Waals surface area contributed by atoms with Crippen LogP contribution in [0.3, 0.4) is 0 Å². The van der Waals surface area contributed by atoms with Crippen molar-refractivity contribution >= 4 is 34.3 Å². The smallest absolute Gasteiger partial charge is 0.316 e. The van der Waals surface area contributed by atoms with Gasteiger partial charge < -0.3 is 16.0 Å². The van der Waals surface area contributed by atoms with E-state index < -0.39 is 6.03 Å². The number of nitrogens with one attached hydrogen (secondary N) is 1. The molecule has 88 valence electrons. The van der Waals surface area contributed by atoms with Gasteiger partial charge in [0, 0.05) is 23.7 Å². The number of hydrogen-bond acceptors (Lipinski definition) is 4. The number of amidine groups is 1. The largest absolute Gasteiger partial charge is 0.351 e. The highest BCUT2D eigenvalue weighted by Gasteiger charge is 2.28. The molecular formula is C11H12N4OS. The summed E-state index contributed by atoms with van der Waals surface area (Å²) in [5.74, 6) is 0. The van der Waals surface area contributed by atoms with E-state index in [4.69, 9.17) is 5.73 Å². The number of fused-ring (bicyclic) bond motifs is 3. The van der Waals surface area contributed by atoms with Gasteiger partial charge in [-0.05, 0) is 36.4 Å². The molecule has 6 heteroatoms. The molecule has 1 aromatic rings. The van der Waals surface area contributed by atoms with E-state index >= 15 is 0 Å². The third-order valence-electron chi connectivity index (χ3n) is 2.74. The fourth-order valence-electron chi connectivity index (χ4n) is 2.03. The van der Waals surface area contributed by atoms with Gasteiger partial charge in [0.25, 0.3) is 0 Å². The lowest BCUT2D eigenvalue weighted by atomic mass is 10.2. The zero-order valence-corrected chi connectivity index (χ0v) is 9.96. The fraction of sp³-hybridized carbons (Fsp3) is 0.273. The van der Waals surface area contributed by atoms with E-state index in [1.54, 1.807) is 11.8 Å². The van der Waals surface area contributed by atoms with Crippen LogP contribution in [0, 0.1) is 0 Å². The topological polar surface area (TPSA) is 70.7 Å². The maximum Gasteiger partial charge on any atom is 0.316 e. The van der Waals surface area contributed by atoms with Crippen molar-refractivity contribution in [3.63, 3.8) is 0 Å². The van der Waals surface area contributed by atoms with Crippen molar-refractivity contribution in [1.82, 2.24) is 0 Å². The van der Waals surface area contributed by atoms with Gasteiger partial charge in [0.1, 0.15) is 0 Å². The Balaban J connectivity index is 1.96. The zero-order chi connectivity index (χ0) is 11.8. The Kier molecular flexibility index (Phi) is 2.44. The second kappa shape index (κ2) is 3.96. The highest BCUT2D eigenvalue weighted by atomic mass is 32.2. The molecule has 2 aliphatic rings. The number of thioether (sulfide) groups is 1. The number of nitrogens with zero attached hydrogens (tertiary/aromatic N) is 2. The van der Waals surface area contributed by atoms with E-state index in [1.807, 2.05) is 18.2 Å². The second-order valence-electron chi connectivity index (χ2n) is 3.94. The fourth-order valence-corrected chi connectivity index (χ4v) is 3.09. The van der Waals surface area contributed by atoms with Gasteiger partial charge in [-0.15, -0.1) is 0 Å². The number of benzene rings is 1. The molecule has 2 heterocycles. The van der Waals surface area contributed by atoms with Crippen LogP contribution in [-0.2, 0) is 0 Å². The van der Waals surface area contributed by atoms with Gasteiger partial charge in [-0.2, -0.15) is 0 Å². The number of aliphatic imine (C=N–C) groups is 1. The summed E-state index contributed by atoms with van der Waals surface area (Å²) >= 11 is 1.68. The van der Waals surface area contributed by atoms with Gasteiger partial charge in [-0.1, -0.05) is 0 Å². The van der Waals surface area contributed by atoms with Crippen molar-refractivity contribution in [3.05, 3.63) is 18.2 Å². The number of carbonyl (C=O) groups is 1. The standard InChI is InChI=1S/C11H12N4OS/c12-10(16)14-7-2-3-9-8(6-7)15-5-1-4-13-11(15)17-9/h2-3,6H,1,4-5H2,(H3,12,14,16). The van der Waals surface area contributed by atoms with Crippen molar-refractivity contribution in [1.29, 1.82) is 0 Å². The molecule has 0 bridgehead atoms. The SMILES string of the molecule is NC(=O)Nc1ccc2c(c1)N1CCCN=C1S2. The van der Waals surface area contributed by atoms with Crippen molar-refractivity contribution < 1.29 is 4.79 Å². The van der Waals surface area contributed by atoms with Crippen LogP contribution < -0.4 is 16.0 Å². The van der Waals surface area contributed by atoms with Crippen molar-refractivity contribution in [3.8, 4) is 0 Å². The predicted molar refractivity (Wildman–Crippen MR) is 69.8 cm³/mol. The Morgan fingerprint density at radius 2 is 2.41 bits per heavy atom. The van der Waals surface area contributed by atoms with Crippen LogP contribution in [0.1, 0.15) is 6.42 Å². The number of primary amides is 1. The van der Waals surface area contributed by atoms with E-state index in [-0.39, 0.29) is 0 Å². The van der Waals surface area contributed by atoms with Crippen molar-refractivity contribution in [2.45, 2.75) is 11.3 Å². The minimum atomic E-state index is -0.539. The minimum Gasteiger partial charge on any atom is -0.351 e. The minimum absolute atomic E-state index is 0.539. The number of rotatable bonds is 1. The lowest BCUT2D eigenvalue weighted by Gasteiger charge is -2.22. The van der Waals surface area contributed by atoms with E-state index in [2.05, 4.69) is 15.2 Å². The van der Waals surface area contributed by atoms with Gasteiger partial charge >= 0.3 is 6.03 Å². The molecule has 0 saturated heterocycles. The Morgan fingerprint density at radius 1 is 1.53 bits per heavy atom. The Morgan fingerprint density at radius 3 is 3.24 bits per heavy atom. The van der Waals surface area contributed by atoms with E-state index in [1.165, 1.54) is 4.90 Å². The molecule has 0 radical (unpaired) electrons. The first-order chi connectivity index (χ1) is 8.24. The van der Waals surface area contributed by atoms with Crippen LogP contribution in [-0.4, -0.2) is 24.3 Å². The summed E-state index contributed by atoms with van der Waals surface area (Å²) < 4.78 is 0. The summed E-state index contributed by atoms with van der Waals surface area (Å²) in [4.78, 5) is 18.7. The third kappa shape index (κ3) is 1.84. The predicted octanol–water partition coefficient (Wildman–Crippen LogP) is 1.85. The van der Waals surface area contributed by atoms with Gasteiger partial charge in [-0.25, -0.2) is 4.79 Å². The van der Waals surface area contributed by atoms with Crippen molar-refractivity contribution in [2.75, 3.05) is 23.3 Å². The van der Waals surface area contributed by atoms with Gasteiger partial charge in [0.15, 0.2) is 5.17 Å². The molecular weight excluding hydrogens is 236 g/mol. The van der Waals surface area contributed by atoms with Crippen LogP contribution in [0.15, 0.2) is 28.1 Å². The monoisotopic (exact) mass is 248 g/mol. The molecule has 0 fully saturated rings. The average Bonchev–Trinajstić information content (AvgIpc) is 2.66. The van der Waals surface area contributed by atoms with Crippen LogP contribution >= 0.6 is 11.8 Å².